The summed E-state index contributed by atoms with van der Waals surface area (Å²) in [4.78, 5) is 4.84. The summed E-state index contributed by atoms with van der Waals surface area (Å²) < 4.78 is 0. The molecule has 0 saturated heterocycles. The predicted molar refractivity (Wildman–Crippen MR) is 39.8 cm³/mol. The minimum absolute atomic E-state index is 1.10. The molecule has 2 heteroatoms. The van der Waals surface area contributed by atoms with Crippen LogP contribution in [0.4, 0.5) is 5.69 Å². The molecule has 0 unspecified atom stereocenters. The van der Waals surface area contributed by atoms with Crippen molar-refractivity contribution in [3.8, 4) is 0 Å². The normalized spacial score (nSPS) is 9.80. The lowest BCUT2D eigenvalue weighted by molar-refractivity contribution is -0.830. The Bertz CT molecular complexity index is 193. The molecule has 0 spiro atoms. The second-order valence-corrected chi connectivity index (χ2v) is 2.26. The highest BCUT2D eigenvalue weighted by atomic mass is 16.6. The zero-order valence-corrected chi connectivity index (χ0v) is 6.29. The van der Waals surface area contributed by atoms with Gasteiger partial charge in [0.05, 0.1) is 7.11 Å². The van der Waals surface area contributed by atoms with Crippen molar-refractivity contribution in [1.82, 2.24) is 0 Å². The molecule has 0 aliphatic rings. The Kier molecular flexibility index (Phi) is 2.42. The van der Waals surface area contributed by atoms with Crippen molar-refractivity contribution < 1.29 is 10.3 Å². The third kappa shape index (κ3) is 1.83. The maximum atomic E-state index is 4.84. The summed E-state index contributed by atoms with van der Waals surface area (Å²) in [6.07, 6.45) is 0. The lowest BCUT2D eigenvalue weighted by Crippen LogP contribution is -2.75. The molecule has 0 amide bonds. The van der Waals surface area contributed by atoms with Gasteiger partial charge in [-0.05, 0) is 6.92 Å². The van der Waals surface area contributed by atoms with Gasteiger partial charge in [0.1, 0.15) is 0 Å². The molecule has 54 valence electrons. The van der Waals surface area contributed by atoms with Crippen molar-refractivity contribution in [2.24, 2.45) is 0 Å². The van der Waals surface area contributed by atoms with Crippen LogP contribution in [0.25, 0.3) is 0 Å². The maximum Gasteiger partial charge on any atom is 0.161 e. The molecular formula is C8H12NO+. The Hall–Kier alpha value is -0.860. The molecule has 0 aromatic heterocycles. The van der Waals surface area contributed by atoms with Gasteiger partial charge in [0.2, 0.25) is 0 Å². The van der Waals surface area contributed by atoms with E-state index in [0.29, 0.717) is 0 Å². The van der Waals surface area contributed by atoms with Crippen molar-refractivity contribution >= 4 is 5.69 Å². The number of rotatable bonds is 2. The van der Waals surface area contributed by atoms with Gasteiger partial charge in [0.15, 0.2) is 5.69 Å². The summed E-state index contributed by atoms with van der Waals surface area (Å²) in [6, 6.07) is 8.17. The smallest absolute Gasteiger partial charge is 0.161 e. The van der Waals surface area contributed by atoms with E-state index in [1.165, 1.54) is 5.56 Å². The number of hydrogen-bond acceptors (Lipinski definition) is 1. The molecule has 1 aromatic rings. The fourth-order valence-electron chi connectivity index (χ4n) is 0.781. The van der Waals surface area contributed by atoms with E-state index in [2.05, 4.69) is 19.1 Å². The molecule has 1 rings (SSSR count). The van der Waals surface area contributed by atoms with Crippen LogP contribution in [-0.2, 0) is 4.84 Å². The molecular weight excluding hydrogens is 126 g/mol. The topological polar surface area (TPSA) is 25.8 Å². The monoisotopic (exact) mass is 138 g/mol. The van der Waals surface area contributed by atoms with E-state index in [1.54, 1.807) is 12.6 Å². The average molecular weight is 138 g/mol. The van der Waals surface area contributed by atoms with Crippen LogP contribution in [0.2, 0.25) is 0 Å². The fourth-order valence-corrected chi connectivity index (χ4v) is 0.781. The highest BCUT2D eigenvalue weighted by Gasteiger charge is 1.91. The van der Waals surface area contributed by atoms with E-state index < -0.39 is 0 Å². The first-order valence-corrected chi connectivity index (χ1v) is 3.25. The number of benzene rings is 1. The molecule has 0 heterocycles. The Morgan fingerprint density at radius 3 is 2.30 bits per heavy atom. The predicted octanol–water partition coefficient (Wildman–Crippen LogP) is 0.751. The average Bonchev–Trinajstić information content (AvgIpc) is 1.95. The first-order valence-electron chi connectivity index (χ1n) is 3.25. The highest BCUT2D eigenvalue weighted by molar-refractivity contribution is 5.30. The Balaban J connectivity index is 2.69. The van der Waals surface area contributed by atoms with Gasteiger partial charge in [0, 0.05) is 12.1 Å². The first kappa shape index (κ1) is 7.25. The molecule has 10 heavy (non-hydrogen) atoms. The second kappa shape index (κ2) is 3.34. The number of quaternary nitrogens is 1. The van der Waals surface area contributed by atoms with Gasteiger partial charge in [-0.15, -0.1) is 0 Å². The van der Waals surface area contributed by atoms with E-state index >= 15 is 0 Å². The third-order valence-electron chi connectivity index (χ3n) is 1.33. The summed E-state index contributed by atoms with van der Waals surface area (Å²) in [6.45, 7) is 2.07. The summed E-state index contributed by atoms with van der Waals surface area (Å²) in [7, 11) is 1.65. The van der Waals surface area contributed by atoms with Gasteiger partial charge < -0.3 is 0 Å². The van der Waals surface area contributed by atoms with Crippen LogP contribution in [0.5, 0.6) is 0 Å². The lowest BCUT2D eigenvalue weighted by Gasteiger charge is -1.95. The Labute approximate surface area is 60.8 Å². The third-order valence-corrected chi connectivity index (χ3v) is 1.33. The van der Waals surface area contributed by atoms with E-state index in [1.807, 2.05) is 12.1 Å². The van der Waals surface area contributed by atoms with Gasteiger partial charge in [-0.1, -0.05) is 17.7 Å². The van der Waals surface area contributed by atoms with Crippen LogP contribution in [0.15, 0.2) is 24.3 Å². The Morgan fingerprint density at radius 1 is 1.20 bits per heavy atom. The SMILES string of the molecule is CO[NH2+]c1ccc(C)cc1. The van der Waals surface area contributed by atoms with Gasteiger partial charge in [0.25, 0.3) is 0 Å². The first-order chi connectivity index (χ1) is 4.83. The summed E-state index contributed by atoms with van der Waals surface area (Å²) >= 11 is 0. The molecule has 0 bridgehead atoms. The zero-order chi connectivity index (χ0) is 7.40. The van der Waals surface area contributed by atoms with Crippen molar-refractivity contribution in [1.29, 1.82) is 0 Å². The van der Waals surface area contributed by atoms with E-state index in [-0.39, 0.29) is 0 Å². The van der Waals surface area contributed by atoms with Crippen molar-refractivity contribution in [2.45, 2.75) is 6.92 Å². The largest absolute Gasteiger partial charge is 0.204 e. The van der Waals surface area contributed by atoms with Gasteiger partial charge in [-0.3, -0.25) is 0 Å². The Morgan fingerprint density at radius 2 is 1.80 bits per heavy atom. The summed E-state index contributed by atoms with van der Waals surface area (Å²) in [5.41, 5.74) is 4.10. The van der Waals surface area contributed by atoms with Crippen molar-refractivity contribution in [3.05, 3.63) is 29.8 Å². The molecule has 0 fully saturated rings. The molecule has 0 radical (unpaired) electrons. The van der Waals surface area contributed by atoms with Crippen molar-refractivity contribution in [3.63, 3.8) is 0 Å². The molecule has 2 nitrogen and oxygen atoms in total. The van der Waals surface area contributed by atoms with Crippen molar-refractivity contribution in [2.75, 3.05) is 7.11 Å². The molecule has 0 atom stereocenters. The molecule has 0 aliphatic carbocycles. The molecule has 0 saturated carbocycles. The van der Waals surface area contributed by atoms with Gasteiger partial charge in [-0.2, -0.15) is 5.48 Å². The quantitative estimate of drug-likeness (QED) is 0.473. The second-order valence-electron chi connectivity index (χ2n) is 2.26. The molecule has 0 aliphatic heterocycles. The van der Waals surface area contributed by atoms with Gasteiger partial charge in [-0.25, -0.2) is 4.84 Å². The standard InChI is InChI=1S/C8H11NO/c1-7-3-5-8(6-4-7)9-10-2/h3-6,9H,1-2H3/p+1. The number of aryl methyl sites for hydroxylation is 1. The maximum absolute atomic E-state index is 4.84. The molecule has 1 aromatic carbocycles. The highest BCUT2D eigenvalue weighted by Crippen LogP contribution is 2.01. The van der Waals surface area contributed by atoms with Crippen LogP contribution in [0.1, 0.15) is 5.56 Å². The zero-order valence-electron chi connectivity index (χ0n) is 6.29. The summed E-state index contributed by atoms with van der Waals surface area (Å²) in [5.74, 6) is 0. The van der Waals surface area contributed by atoms with E-state index in [4.69, 9.17) is 4.84 Å². The molecule has 2 N–H and O–H groups in total. The van der Waals surface area contributed by atoms with Crippen LogP contribution in [0.3, 0.4) is 0 Å². The minimum Gasteiger partial charge on any atom is -0.204 e. The fraction of sp³-hybridized carbons (Fsp3) is 0.250. The lowest BCUT2D eigenvalue weighted by atomic mass is 10.2. The van der Waals surface area contributed by atoms with Crippen LogP contribution < -0.4 is 5.48 Å². The summed E-state index contributed by atoms with van der Waals surface area (Å²) in [5, 5.41) is 0. The van der Waals surface area contributed by atoms with E-state index in [0.717, 1.165) is 5.69 Å². The van der Waals surface area contributed by atoms with Crippen LogP contribution >= 0.6 is 0 Å². The number of hydrogen-bond donors (Lipinski definition) is 1. The van der Waals surface area contributed by atoms with Crippen LogP contribution in [-0.4, -0.2) is 7.11 Å². The van der Waals surface area contributed by atoms with E-state index in [9.17, 15) is 0 Å². The van der Waals surface area contributed by atoms with Gasteiger partial charge >= 0.3 is 0 Å². The minimum atomic E-state index is 1.10. The number of nitrogens with two attached hydrogens (primary N) is 1. The van der Waals surface area contributed by atoms with Crippen LogP contribution in [0, 0.1) is 6.92 Å².